The Bertz CT molecular complexity index is 394. The van der Waals surface area contributed by atoms with Gasteiger partial charge in [-0.1, -0.05) is 46.9 Å². The molecule has 86 valence electrons. The molecule has 1 aliphatic carbocycles. The molecule has 0 spiro atoms. The van der Waals surface area contributed by atoms with Crippen molar-refractivity contribution in [2.24, 2.45) is 0 Å². The number of halogens is 1. The van der Waals surface area contributed by atoms with Gasteiger partial charge in [0.05, 0.1) is 7.11 Å². The van der Waals surface area contributed by atoms with E-state index in [0.29, 0.717) is 3.92 Å². The van der Waals surface area contributed by atoms with Gasteiger partial charge in [-0.25, -0.2) is 4.79 Å². The molecule has 16 heavy (non-hydrogen) atoms. The number of methoxy groups -OCH3 is 1. The highest BCUT2D eigenvalue weighted by molar-refractivity contribution is 14.1. The van der Waals surface area contributed by atoms with Crippen LogP contribution >= 0.6 is 22.6 Å². The summed E-state index contributed by atoms with van der Waals surface area (Å²) in [6, 6.07) is 8.57. The van der Waals surface area contributed by atoms with Crippen LogP contribution in [0.1, 0.15) is 11.1 Å². The van der Waals surface area contributed by atoms with Gasteiger partial charge in [-0.2, -0.15) is 0 Å². The maximum atomic E-state index is 11.2. The zero-order valence-electron chi connectivity index (χ0n) is 9.07. The number of alkyl carbamates (subject to hydrolysis) is 1. The molecule has 1 amide bonds. The van der Waals surface area contributed by atoms with Crippen molar-refractivity contribution in [3.63, 3.8) is 0 Å². The Morgan fingerprint density at radius 1 is 1.38 bits per heavy atom. The Kier molecular flexibility index (Phi) is 3.68. The summed E-state index contributed by atoms with van der Waals surface area (Å²) < 4.78 is 5.06. The molecule has 1 aromatic rings. The predicted octanol–water partition coefficient (Wildman–Crippen LogP) is 2.31. The first-order valence-corrected chi connectivity index (χ1v) is 6.50. The van der Waals surface area contributed by atoms with Gasteiger partial charge in [0, 0.05) is 9.97 Å². The van der Waals surface area contributed by atoms with Gasteiger partial charge in [-0.05, 0) is 24.0 Å². The Balaban J connectivity index is 2.12. The molecule has 2 rings (SSSR count). The molecule has 1 N–H and O–H groups in total. The summed E-state index contributed by atoms with van der Waals surface area (Å²) >= 11 is 2.40. The number of ether oxygens (including phenoxy) is 1. The number of rotatable bonds is 1. The molecule has 0 bridgehead atoms. The zero-order chi connectivity index (χ0) is 11.5. The summed E-state index contributed by atoms with van der Waals surface area (Å²) in [4.78, 5) is 11.2. The Hall–Kier alpha value is -0.780. The summed E-state index contributed by atoms with van der Waals surface area (Å²) in [7, 11) is 1.40. The number of hydrogen-bond donors (Lipinski definition) is 1. The second-order valence-corrected chi connectivity index (χ2v) is 5.54. The predicted molar refractivity (Wildman–Crippen MR) is 71.0 cm³/mol. The molecule has 0 unspecified atom stereocenters. The van der Waals surface area contributed by atoms with Crippen molar-refractivity contribution < 1.29 is 9.53 Å². The number of nitrogens with one attached hydrogen (secondary N) is 1. The van der Waals surface area contributed by atoms with E-state index in [-0.39, 0.29) is 12.1 Å². The van der Waals surface area contributed by atoms with Crippen LogP contribution in [0.4, 0.5) is 4.79 Å². The molecule has 0 saturated carbocycles. The van der Waals surface area contributed by atoms with Crippen molar-refractivity contribution >= 4 is 28.7 Å². The van der Waals surface area contributed by atoms with Crippen LogP contribution < -0.4 is 5.32 Å². The second kappa shape index (κ2) is 5.03. The van der Waals surface area contributed by atoms with Crippen molar-refractivity contribution in [1.29, 1.82) is 0 Å². The van der Waals surface area contributed by atoms with Crippen molar-refractivity contribution in [1.82, 2.24) is 5.32 Å². The van der Waals surface area contributed by atoms with E-state index in [1.807, 2.05) is 6.07 Å². The minimum absolute atomic E-state index is 0.169. The smallest absolute Gasteiger partial charge is 0.407 e. The number of hydrogen-bond acceptors (Lipinski definition) is 2. The maximum Gasteiger partial charge on any atom is 0.407 e. The molecule has 0 radical (unpaired) electrons. The third kappa shape index (κ3) is 2.48. The lowest BCUT2D eigenvalue weighted by Crippen LogP contribution is -2.45. The van der Waals surface area contributed by atoms with E-state index in [9.17, 15) is 4.79 Å². The highest BCUT2D eigenvalue weighted by Gasteiger charge is 2.27. The van der Waals surface area contributed by atoms with Gasteiger partial charge in [0.15, 0.2) is 0 Å². The third-order valence-corrected chi connectivity index (χ3v) is 4.21. The minimum atomic E-state index is -0.342. The van der Waals surface area contributed by atoms with Gasteiger partial charge in [-0.15, -0.1) is 0 Å². The normalized spacial score (nSPS) is 23.4. The topological polar surface area (TPSA) is 38.3 Å². The average Bonchev–Trinajstić information content (AvgIpc) is 2.30. The van der Waals surface area contributed by atoms with Crippen LogP contribution in [0, 0.1) is 0 Å². The molecule has 4 heteroatoms. The van der Waals surface area contributed by atoms with E-state index in [2.05, 4.69) is 50.8 Å². The average molecular weight is 331 g/mol. The minimum Gasteiger partial charge on any atom is -0.453 e. The Morgan fingerprint density at radius 2 is 2.00 bits per heavy atom. The highest BCUT2D eigenvalue weighted by atomic mass is 127. The van der Waals surface area contributed by atoms with Crippen LogP contribution in [0.3, 0.4) is 0 Å². The molecule has 0 fully saturated rings. The van der Waals surface area contributed by atoms with Gasteiger partial charge >= 0.3 is 6.09 Å². The van der Waals surface area contributed by atoms with E-state index in [0.717, 1.165) is 12.8 Å². The summed E-state index contributed by atoms with van der Waals surface area (Å²) in [5, 5.41) is 2.89. The van der Waals surface area contributed by atoms with Crippen LogP contribution in [-0.4, -0.2) is 23.2 Å². The fraction of sp³-hybridized carbons (Fsp3) is 0.417. The lowest BCUT2D eigenvalue weighted by atomic mass is 9.88. The SMILES string of the molecule is COC(=O)N[C@H]1Cc2ccccc2C[C@@H]1I. The highest BCUT2D eigenvalue weighted by Crippen LogP contribution is 2.26. The van der Waals surface area contributed by atoms with E-state index < -0.39 is 0 Å². The van der Waals surface area contributed by atoms with Crippen LogP contribution in [0.5, 0.6) is 0 Å². The quantitative estimate of drug-likeness (QED) is 0.634. The number of carbonyl (C=O) groups is 1. The molecular weight excluding hydrogens is 317 g/mol. The Labute approximate surface area is 109 Å². The largest absolute Gasteiger partial charge is 0.453 e. The first-order valence-electron chi connectivity index (χ1n) is 5.26. The van der Waals surface area contributed by atoms with Crippen LogP contribution in [0.15, 0.2) is 24.3 Å². The zero-order valence-corrected chi connectivity index (χ0v) is 11.2. The van der Waals surface area contributed by atoms with E-state index in [1.165, 1.54) is 18.2 Å². The molecule has 3 nitrogen and oxygen atoms in total. The van der Waals surface area contributed by atoms with Crippen molar-refractivity contribution in [2.75, 3.05) is 7.11 Å². The fourth-order valence-electron chi connectivity index (χ4n) is 2.02. The van der Waals surface area contributed by atoms with E-state index in [4.69, 9.17) is 0 Å². The third-order valence-electron chi connectivity index (χ3n) is 2.90. The van der Waals surface area contributed by atoms with Gasteiger partial charge in [0.25, 0.3) is 0 Å². The summed E-state index contributed by atoms with van der Waals surface area (Å²) in [6.45, 7) is 0. The first-order chi connectivity index (χ1) is 7.70. The van der Waals surface area contributed by atoms with Crippen LogP contribution in [-0.2, 0) is 17.6 Å². The van der Waals surface area contributed by atoms with Gasteiger partial charge in [0.1, 0.15) is 0 Å². The Morgan fingerprint density at radius 3 is 2.62 bits per heavy atom. The van der Waals surface area contributed by atoms with Gasteiger partial charge < -0.3 is 10.1 Å². The molecule has 1 aromatic carbocycles. The lowest BCUT2D eigenvalue weighted by molar-refractivity contribution is 0.166. The van der Waals surface area contributed by atoms with Crippen LogP contribution in [0.25, 0.3) is 0 Å². The van der Waals surface area contributed by atoms with E-state index >= 15 is 0 Å². The number of benzene rings is 1. The second-order valence-electron chi connectivity index (χ2n) is 3.94. The lowest BCUT2D eigenvalue weighted by Gasteiger charge is -2.29. The molecule has 0 heterocycles. The number of carbonyl (C=O) groups excluding carboxylic acids is 1. The summed E-state index contributed by atoms with van der Waals surface area (Å²) in [5.41, 5.74) is 2.72. The molecule has 2 atom stereocenters. The van der Waals surface area contributed by atoms with Gasteiger partial charge in [-0.3, -0.25) is 0 Å². The molecular formula is C12H14INO2. The summed E-state index contributed by atoms with van der Waals surface area (Å²) in [6.07, 6.45) is 1.55. The van der Waals surface area contributed by atoms with Crippen molar-refractivity contribution in [3.05, 3.63) is 35.4 Å². The van der Waals surface area contributed by atoms with Crippen molar-refractivity contribution in [3.8, 4) is 0 Å². The summed E-state index contributed by atoms with van der Waals surface area (Å²) in [5.74, 6) is 0. The van der Waals surface area contributed by atoms with Crippen molar-refractivity contribution in [2.45, 2.75) is 22.8 Å². The standard InChI is InChI=1S/C12H14INO2/c1-16-12(15)14-11-7-9-5-3-2-4-8(9)6-10(11)13/h2-5,10-11H,6-7H2,1H3,(H,14,15)/t10-,11-/m0/s1. The number of fused-ring (bicyclic) bond motifs is 1. The van der Waals surface area contributed by atoms with Crippen LogP contribution in [0.2, 0.25) is 0 Å². The molecule has 0 aromatic heterocycles. The number of amides is 1. The van der Waals surface area contributed by atoms with E-state index in [1.54, 1.807) is 0 Å². The number of alkyl halides is 1. The van der Waals surface area contributed by atoms with Gasteiger partial charge in [0.2, 0.25) is 0 Å². The molecule has 0 saturated heterocycles. The first kappa shape index (κ1) is 11.7. The monoisotopic (exact) mass is 331 g/mol. The molecule has 1 aliphatic rings. The molecule has 0 aliphatic heterocycles. The fourth-order valence-corrected chi connectivity index (χ4v) is 2.93. The maximum absolute atomic E-state index is 11.2.